The van der Waals surface area contributed by atoms with E-state index in [1.54, 1.807) is 24.3 Å². The van der Waals surface area contributed by atoms with Crippen molar-refractivity contribution in [2.45, 2.75) is 45.1 Å². The van der Waals surface area contributed by atoms with Crippen LogP contribution in [0.1, 0.15) is 29.5 Å². The zero-order valence-electron chi connectivity index (χ0n) is 17.3. The fourth-order valence-corrected chi connectivity index (χ4v) is 5.53. The molecule has 0 fully saturated rings. The van der Waals surface area contributed by atoms with Crippen molar-refractivity contribution >= 4 is 37.3 Å². The number of sulfone groups is 1. The van der Waals surface area contributed by atoms with Crippen LogP contribution in [-0.4, -0.2) is 24.6 Å². The lowest BCUT2D eigenvalue weighted by Gasteiger charge is -2.04. The highest BCUT2D eigenvalue weighted by molar-refractivity contribution is 7.91. The third-order valence-electron chi connectivity index (χ3n) is 4.95. The number of thiazole rings is 1. The zero-order valence-corrected chi connectivity index (χ0v) is 18.9. The first-order valence-electron chi connectivity index (χ1n) is 9.62. The lowest BCUT2D eigenvalue weighted by molar-refractivity contribution is -0.118. The molecule has 1 amide bonds. The fourth-order valence-electron chi connectivity index (χ4n) is 3.09. The fraction of sp³-hybridized carbons (Fsp3) is 0.304. The van der Waals surface area contributed by atoms with E-state index in [-0.39, 0.29) is 29.4 Å². The maximum absolute atomic E-state index is 12.4. The third-order valence-corrected chi connectivity index (χ3v) is 7.81. The van der Waals surface area contributed by atoms with Gasteiger partial charge in [-0.1, -0.05) is 35.0 Å². The molecule has 30 heavy (non-hydrogen) atoms. The van der Waals surface area contributed by atoms with E-state index < -0.39 is 9.84 Å². The van der Waals surface area contributed by atoms with E-state index in [2.05, 4.69) is 23.0 Å². The van der Waals surface area contributed by atoms with Gasteiger partial charge < -0.3 is 4.57 Å². The van der Waals surface area contributed by atoms with E-state index >= 15 is 0 Å². The lowest BCUT2D eigenvalue weighted by atomic mass is 10.1. The largest absolute Gasteiger partial charge is 0.305 e. The molecule has 0 spiro atoms. The minimum absolute atomic E-state index is 0.0629. The topological polar surface area (TPSA) is 68.5 Å². The molecule has 7 heteroatoms. The highest BCUT2D eigenvalue weighted by Gasteiger charge is 2.15. The number of nitrogens with zero attached hydrogens (tertiary/aromatic N) is 2. The van der Waals surface area contributed by atoms with Gasteiger partial charge >= 0.3 is 0 Å². The monoisotopic (exact) mass is 440 g/mol. The van der Waals surface area contributed by atoms with Crippen LogP contribution in [0.2, 0.25) is 0 Å². The van der Waals surface area contributed by atoms with Crippen molar-refractivity contribution in [2.24, 2.45) is 4.99 Å². The molecule has 2 aromatic carbocycles. The second-order valence-electron chi connectivity index (χ2n) is 7.32. The van der Waals surface area contributed by atoms with Gasteiger partial charge in [-0.05, 0) is 62.6 Å². The Labute approximate surface area is 181 Å². The number of aromatic nitrogens is 1. The van der Waals surface area contributed by atoms with Crippen LogP contribution >= 0.6 is 11.3 Å². The molecule has 0 unspecified atom stereocenters. The van der Waals surface area contributed by atoms with Gasteiger partial charge in [0.15, 0.2) is 14.6 Å². The van der Waals surface area contributed by atoms with Gasteiger partial charge in [-0.2, -0.15) is 4.99 Å². The predicted octanol–water partition coefficient (Wildman–Crippen LogP) is 3.94. The maximum atomic E-state index is 12.4. The van der Waals surface area contributed by atoms with Gasteiger partial charge in [-0.3, -0.25) is 4.79 Å². The number of hydrogen-bond donors (Lipinski definition) is 0. The highest BCUT2D eigenvalue weighted by atomic mass is 32.2. The van der Waals surface area contributed by atoms with Gasteiger partial charge in [0.25, 0.3) is 0 Å². The normalized spacial score (nSPS) is 12.3. The van der Waals surface area contributed by atoms with Gasteiger partial charge in [0.05, 0.1) is 27.4 Å². The molecule has 3 aromatic rings. The molecule has 1 heterocycles. The summed E-state index contributed by atoms with van der Waals surface area (Å²) >= 11 is 1.41. The molecular weight excluding hydrogens is 416 g/mol. The van der Waals surface area contributed by atoms with Crippen LogP contribution in [0.3, 0.4) is 0 Å². The number of terminal acetylenes is 1. The van der Waals surface area contributed by atoms with Crippen LogP contribution in [0, 0.1) is 33.1 Å². The van der Waals surface area contributed by atoms with E-state index in [0.717, 1.165) is 26.9 Å². The summed E-state index contributed by atoms with van der Waals surface area (Å²) in [7, 11) is -3.42. The number of fused-ring (bicyclic) bond motifs is 1. The Balaban J connectivity index is 1.78. The Morgan fingerprint density at radius 1 is 1.13 bits per heavy atom. The van der Waals surface area contributed by atoms with Crippen molar-refractivity contribution in [3.05, 3.63) is 57.9 Å². The van der Waals surface area contributed by atoms with Crippen LogP contribution in [0.4, 0.5) is 0 Å². The summed E-state index contributed by atoms with van der Waals surface area (Å²) in [5, 5.41) is 0. The molecule has 0 aliphatic heterocycles. The Hall–Kier alpha value is -2.69. The van der Waals surface area contributed by atoms with E-state index in [0.29, 0.717) is 11.3 Å². The molecule has 0 radical (unpaired) electrons. The first kappa shape index (κ1) is 22.0. The molecule has 1 aromatic heterocycles. The number of carbonyl (C=O) groups is 1. The van der Waals surface area contributed by atoms with Crippen LogP contribution < -0.4 is 4.80 Å². The molecule has 5 nitrogen and oxygen atoms in total. The zero-order chi connectivity index (χ0) is 21.9. The number of amides is 1. The minimum Gasteiger partial charge on any atom is -0.305 e. The quantitative estimate of drug-likeness (QED) is 0.545. The van der Waals surface area contributed by atoms with Crippen LogP contribution in [0.5, 0.6) is 0 Å². The number of hydrogen-bond acceptors (Lipinski definition) is 4. The number of carbonyl (C=O) groups excluding carboxylic acids is 1. The predicted molar refractivity (Wildman–Crippen MR) is 121 cm³/mol. The van der Waals surface area contributed by atoms with Crippen molar-refractivity contribution in [2.75, 3.05) is 5.75 Å². The molecule has 0 atom stereocenters. The Kier molecular flexibility index (Phi) is 6.59. The van der Waals surface area contributed by atoms with Crippen molar-refractivity contribution in [1.82, 2.24) is 4.57 Å². The molecule has 0 aliphatic rings. The molecule has 0 saturated heterocycles. The van der Waals surface area contributed by atoms with E-state index in [4.69, 9.17) is 6.42 Å². The van der Waals surface area contributed by atoms with E-state index in [1.807, 2.05) is 25.3 Å². The summed E-state index contributed by atoms with van der Waals surface area (Å²) < 4.78 is 27.7. The summed E-state index contributed by atoms with van der Waals surface area (Å²) in [4.78, 5) is 17.5. The number of aryl methyl sites for hydroxylation is 3. The summed E-state index contributed by atoms with van der Waals surface area (Å²) in [6, 6.07) is 10.8. The Morgan fingerprint density at radius 3 is 2.47 bits per heavy atom. The van der Waals surface area contributed by atoms with Gasteiger partial charge in [-0.15, -0.1) is 6.42 Å². The molecule has 0 saturated carbocycles. The van der Waals surface area contributed by atoms with Crippen LogP contribution in [-0.2, 0) is 21.2 Å². The molecular formula is C23H24N2O3S2. The molecule has 156 valence electrons. The lowest BCUT2D eigenvalue weighted by Crippen LogP contribution is -2.17. The third kappa shape index (κ3) is 4.89. The van der Waals surface area contributed by atoms with Crippen LogP contribution in [0.15, 0.2) is 46.3 Å². The molecule has 0 bridgehead atoms. The first-order chi connectivity index (χ1) is 14.2. The summed E-state index contributed by atoms with van der Waals surface area (Å²) in [6.07, 6.45) is 5.79. The SMILES string of the molecule is C#CCn1c(=NC(=O)CCCS(=O)(=O)c2ccc(C)cc2)sc2cc(C)c(C)cc21. The second kappa shape index (κ2) is 8.99. The van der Waals surface area contributed by atoms with Gasteiger partial charge in [0.1, 0.15) is 0 Å². The van der Waals surface area contributed by atoms with Gasteiger partial charge in [-0.25, -0.2) is 8.42 Å². The second-order valence-corrected chi connectivity index (χ2v) is 10.4. The highest BCUT2D eigenvalue weighted by Crippen LogP contribution is 2.22. The van der Waals surface area contributed by atoms with E-state index in [1.165, 1.54) is 11.3 Å². The Morgan fingerprint density at radius 2 is 1.80 bits per heavy atom. The Bertz CT molecular complexity index is 1310. The summed E-state index contributed by atoms with van der Waals surface area (Å²) in [5.41, 5.74) is 4.26. The average molecular weight is 441 g/mol. The minimum atomic E-state index is -3.42. The first-order valence-corrected chi connectivity index (χ1v) is 12.1. The summed E-state index contributed by atoms with van der Waals surface area (Å²) in [5.74, 6) is 2.18. The standard InChI is InChI=1S/C23H24N2O3S2/c1-5-12-25-20-14-17(3)18(4)15-21(20)29-23(25)24-22(26)7-6-13-30(27,28)19-10-8-16(2)9-11-19/h1,8-11,14-15H,6-7,12-13H2,2-4H3. The number of benzene rings is 2. The van der Waals surface area contributed by atoms with Gasteiger partial charge in [0, 0.05) is 6.42 Å². The van der Waals surface area contributed by atoms with Crippen molar-refractivity contribution in [1.29, 1.82) is 0 Å². The maximum Gasteiger partial charge on any atom is 0.248 e. The average Bonchev–Trinajstić information content (AvgIpc) is 2.99. The van der Waals surface area contributed by atoms with Crippen molar-refractivity contribution in [3.63, 3.8) is 0 Å². The van der Waals surface area contributed by atoms with Crippen molar-refractivity contribution in [3.8, 4) is 12.3 Å². The smallest absolute Gasteiger partial charge is 0.248 e. The number of rotatable bonds is 6. The van der Waals surface area contributed by atoms with Crippen LogP contribution in [0.25, 0.3) is 10.2 Å². The van der Waals surface area contributed by atoms with Gasteiger partial charge in [0.2, 0.25) is 5.91 Å². The molecule has 0 aliphatic carbocycles. The summed E-state index contributed by atoms with van der Waals surface area (Å²) in [6.45, 7) is 6.29. The molecule has 0 N–H and O–H groups in total. The van der Waals surface area contributed by atoms with E-state index in [9.17, 15) is 13.2 Å². The van der Waals surface area contributed by atoms with Crippen molar-refractivity contribution < 1.29 is 13.2 Å². The molecule has 3 rings (SSSR count).